The van der Waals surface area contributed by atoms with Gasteiger partial charge in [-0.25, -0.2) is 9.97 Å². The molecule has 5 rings (SSSR count). The number of hydrogen-bond donors (Lipinski definition) is 0. The number of benzene rings is 2. The second-order valence-corrected chi connectivity index (χ2v) is 8.43. The van der Waals surface area contributed by atoms with E-state index in [2.05, 4.69) is 46.2 Å². The number of fused-ring (bicyclic) bond motifs is 1. The van der Waals surface area contributed by atoms with Gasteiger partial charge in [-0.1, -0.05) is 36.4 Å². The number of carbonyl (C=O) groups is 1. The van der Waals surface area contributed by atoms with Crippen molar-refractivity contribution in [2.45, 2.75) is 5.92 Å². The quantitative estimate of drug-likeness (QED) is 0.470. The van der Waals surface area contributed by atoms with Crippen LogP contribution >= 0.6 is 22.7 Å². The summed E-state index contributed by atoms with van der Waals surface area (Å²) in [6, 6.07) is 14.9. The molecule has 3 heterocycles. The van der Waals surface area contributed by atoms with Gasteiger partial charge in [0.25, 0.3) is 5.91 Å². The van der Waals surface area contributed by atoms with E-state index in [0.29, 0.717) is 29.7 Å². The molecule has 1 aliphatic rings. The Morgan fingerprint density at radius 3 is 2.71 bits per heavy atom. The lowest BCUT2D eigenvalue weighted by Gasteiger charge is -2.39. The molecule has 0 bridgehead atoms. The maximum atomic E-state index is 12.5. The highest BCUT2D eigenvalue weighted by molar-refractivity contribution is 7.17. The van der Waals surface area contributed by atoms with Crippen molar-refractivity contribution in [1.82, 2.24) is 14.9 Å². The average Bonchev–Trinajstić information content (AvgIpc) is 3.36. The Labute approximate surface area is 170 Å². The van der Waals surface area contributed by atoms with Crippen LogP contribution in [0.15, 0.2) is 53.4 Å². The van der Waals surface area contributed by atoms with Gasteiger partial charge < -0.3 is 4.90 Å². The number of amides is 1. The average molecular weight is 402 g/mol. The SMILES string of the molecule is C#Cc1nc(C(=O)N2CC(c3ccc(-c4cccc5ncsc45)cc3)C2)cs1. The van der Waals surface area contributed by atoms with Crippen LogP contribution in [0, 0.1) is 12.3 Å². The summed E-state index contributed by atoms with van der Waals surface area (Å²) in [5.41, 5.74) is 7.03. The summed E-state index contributed by atoms with van der Waals surface area (Å²) < 4.78 is 1.21. The smallest absolute Gasteiger partial charge is 0.273 e. The van der Waals surface area contributed by atoms with Gasteiger partial charge in [0.15, 0.2) is 5.01 Å². The molecule has 6 heteroatoms. The number of likely N-dealkylation sites (tertiary alicyclic amines) is 1. The molecule has 0 aliphatic carbocycles. The molecule has 4 aromatic rings. The zero-order chi connectivity index (χ0) is 19.1. The highest BCUT2D eigenvalue weighted by atomic mass is 32.1. The van der Waals surface area contributed by atoms with Crippen LogP contribution < -0.4 is 0 Å². The zero-order valence-corrected chi connectivity index (χ0v) is 16.5. The molecule has 0 N–H and O–H groups in total. The van der Waals surface area contributed by atoms with Gasteiger partial charge in [-0.05, 0) is 23.1 Å². The minimum Gasteiger partial charge on any atom is -0.336 e. The molecule has 4 nitrogen and oxygen atoms in total. The van der Waals surface area contributed by atoms with Crippen molar-refractivity contribution in [3.05, 3.63) is 69.6 Å². The Balaban J connectivity index is 1.29. The number of carbonyl (C=O) groups excluding carboxylic acids is 1. The second kappa shape index (κ2) is 6.86. The molecule has 1 saturated heterocycles. The first-order valence-electron chi connectivity index (χ1n) is 8.87. The van der Waals surface area contributed by atoms with Crippen LogP contribution in [0.4, 0.5) is 0 Å². The Morgan fingerprint density at radius 1 is 1.14 bits per heavy atom. The van der Waals surface area contributed by atoms with Crippen molar-refractivity contribution in [3.63, 3.8) is 0 Å². The fourth-order valence-corrected chi connectivity index (χ4v) is 4.93. The molecular weight excluding hydrogens is 386 g/mol. The fraction of sp³-hybridized carbons (Fsp3) is 0.136. The lowest BCUT2D eigenvalue weighted by atomic mass is 9.90. The van der Waals surface area contributed by atoms with E-state index in [4.69, 9.17) is 6.42 Å². The van der Waals surface area contributed by atoms with E-state index in [1.165, 1.54) is 32.7 Å². The topological polar surface area (TPSA) is 46.1 Å². The first-order chi connectivity index (χ1) is 13.7. The number of aromatic nitrogens is 2. The molecule has 0 spiro atoms. The van der Waals surface area contributed by atoms with Crippen molar-refractivity contribution < 1.29 is 4.79 Å². The largest absolute Gasteiger partial charge is 0.336 e. The predicted molar refractivity (Wildman–Crippen MR) is 114 cm³/mol. The minimum atomic E-state index is -0.0394. The maximum absolute atomic E-state index is 12.5. The third-order valence-electron chi connectivity index (χ3n) is 5.07. The van der Waals surface area contributed by atoms with Crippen LogP contribution in [-0.2, 0) is 0 Å². The summed E-state index contributed by atoms with van der Waals surface area (Å²) >= 11 is 3.00. The number of terminal acetylenes is 1. The van der Waals surface area contributed by atoms with Crippen LogP contribution in [-0.4, -0.2) is 33.9 Å². The molecule has 0 saturated carbocycles. The maximum Gasteiger partial charge on any atom is 0.273 e. The highest BCUT2D eigenvalue weighted by Crippen LogP contribution is 2.33. The Hall–Kier alpha value is -3.01. The molecule has 0 atom stereocenters. The van der Waals surface area contributed by atoms with Crippen LogP contribution in [0.3, 0.4) is 0 Å². The third kappa shape index (κ3) is 2.89. The number of nitrogens with zero attached hydrogens (tertiary/aromatic N) is 3. The van der Waals surface area contributed by atoms with Crippen LogP contribution in [0.5, 0.6) is 0 Å². The van der Waals surface area contributed by atoms with Gasteiger partial charge in [0.05, 0.1) is 15.7 Å². The molecule has 1 fully saturated rings. The van der Waals surface area contributed by atoms with Crippen molar-refractivity contribution in [2.75, 3.05) is 13.1 Å². The van der Waals surface area contributed by atoms with Gasteiger partial charge in [0.2, 0.25) is 0 Å². The molecule has 1 aliphatic heterocycles. The molecule has 2 aromatic heterocycles. The zero-order valence-electron chi connectivity index (χ0n) is 14.8. The van der Waals surface area contributed by atoms with E-state index in [0.717, 1.165) is 5.52 Å². The summed E-state index contributed by atoms with van der Waals surface area (Å²) in [6.07, 6.45) is 5.33. The summed E-state index contributed by atoms with van der Waals surface area (Å²) in [5, 5.41) is 2.28. The first kappa shape index (κ1) is 17.1. The molecular formula is C22H15N3OS2. The second-order valence-electron chi connectivity index (χ2n) is 6.72. The summed E-state index contributed by atoms with van der Waals surface area (Å²) in [5.74, 6) is 2.80. The van der Waals surface area contributed by atoms with Crippen molar-refractivity contribution in [1.29, 1.82) is 0 Å². The van der Waals surface area contributed by atoms with E-state index >= 15 is 0 Å². The van der Waals surface area contributed by atoms with Gasteiger partial charge in [0, 0.05) is 30.0 Å². The van der Waals surface area contributed by atoms with E-state index in [1.54, 1.807) is 16.7 Å². The standard InChI is InChI=1S/C22H15N3OS2/c1-2-20-24-19(12-27-20)22(26)25-10-16(11-25)14-6-8-15(9-7-14)17-4-3-5-18-21(17)28-13-23-18/h1,3-9,12-13,16H,10-11H2. The number of rotatable bonds is 3. The van der Waals surface area contributed by atoms with Crippen molar-refractivity contribution in [3.8, 4) is 23.5 Å². The van der Waals surface area contributed by atoms with Gasteiger partial charge in [-0.2, -0.15) is 0 Å². The lowest BCUT2D eigenvalue weighted by molar-refractivity contribution is 0.0597. The summed E-state index contributed by atoms with van der Waals surface area (Å²) in [4.78, 5) is 22.9. The van der Waals surface area contributed by atoms with E-state index in [1.807, 2.05) is 22.5 Å². The number of thiazole rings is 2. The van der Waals surface area contributed by atoms with Crippen molar-refractivity contribution in [2.24, 2.45) is 0 Å². The van der Waals surface area contributed by atoms with Crippen LogP contribution in [0.1, 0.15) is 27.0 Å². The Bertz CT molecular complexity index is 1210. The summed E-state index contributed by atoms with van der Waals surface area (Å²) in [6.45, 7) is 1.43. The van der Waals surface area contributed by atoms with Crippen molar-refractivity contribution >= 4 is 38.8 Å². The predicted octanol–water partition coefficient (Wildman–Crippen LogP) is 4.64. The molecule has 0 radical (unpaired) electrons. The third-order valence-corrected chi connectivity index (χ3v) is 6.71. The molecule has 28 heavy (non-hydrogen) atoms. The van der Waals surface area contributed by atoms with Crippen LogP contribution in [0.2, 0.25) is 0 Å². The van der Waals surface area contributed by atoms with Gasteiger partial charge in [0.1, 0.15) is 5.69 Å². The van der Waals surface area contributed by atoms with E-state index < -0.39 is 0 Å². The van der Waals surface area contributed by atoms with Gasteiger partial charge >= 0.3 is 0 Å². The van der Waals surface area contributed by atoms with E-state index in [-0.39, 0.29) is 5.91 Å². The Morgan fingerprint density at radius 2 is 1.96 bits per heavy atom. The normalized spacial score (nSPS) is 14.0. The molecule has 0 unspecified atom stereocenters. The number of hydrogen-bond acceptors (Lipinski definition) is 5. The van der Waals surface area contributed by atoms with Crippen LogP contribution in [0.25, 0.3) is 21.3 Å². The monoisotopic (exact) mass is 401 g/mol. The fourth-order valence-electron chi connectivity index (χ4n) is 3.50. The Kier molecular flexibility index (Phi) is 4.19. The molecule has 136 valence electrons. The first-order valence-corrected chi connectivity index (χ1v) is 10.6. The minimum absolute atomic E-state index is 0.0394. The highest BCUT2D eigenvalue weighted by Gasteiger charge is 2.33. The molecule has 1 amide bonds. The lowest BCUT2D eigenvalue weighted by Crippen LogP contribution is -2.48. The summed E-state index contributed by atoms with van der Waals surface area (Å²) in [7, 11) is 0. The van der Waals surface area contributed by atoms with Gasteiger partial charge in [-0.15, -0.1) is 29.1 Å². The molecule has 2 aromatic carbocycles. The van der Waals surface area contributed by atoms with E-state index in [9.17, 15) is 4.79 Å². The van der Waals surface area contributed by atoms with Gasteiger partial charge in [-0.3, -0.25) is 4.79 Å².